The number of carbonyl (C=O) groups is 2. The molecule has 2 aliphatic heterocycles. The minimum atomic E-state index is -1.10. The molecule has 2 bridgehead atoms. The Bertz CT molecular complexity index is 332. The van der Waals surface area contributed by atoms with E-state index in [-0.39, 0.29) is 0 Å². The molecule has 2 rings (SSSR count). The van der Waals surface area contributed by atoms with Crippen molar-refractivity contribution in [1.29, 1.82) is 0 Å². The number of hydrogen-bond acceptors (Lipinski definition) is 3. The maximum atomic E-state index is 10.9. The molecule has 0 unspecified atom stereocenters. The highest BCUT2D eigenvalue weighted by Gasteiger charge is 2.55. The summed E-state index contributed by atoms with van der Waals surface area (Å²) in [5.74, 6) is -4.09. The molecule has 5 nitrogen and oxygen atoms in total. The summed E-state index contributed by atoms with van der Waals surface area (Å²) in [4.78, 5) is 21.7. The Kier molecular flexibility index (Phi) is 1.85. The molecule has 14 heavy (non-hydrogen) atoms. The van der Waals surface area contributed by atoms with Crippen molar-refractivity contribution in [2.24, 2.45) is 11.8 Å². The molecule has 1 saturated heterocycles. The average molecular weight is 198 g/mol. The third kappa shape index (κ3) is 1.05. The largest absolute Gasteiger partial charge is 0.481 e. The van der Waals surface area contributed by atoms with Gasteiger partial charge >= 0.3 is 11.9 Å². The van der Waals surface area contributed by atoms with Crippen LogP contribution in [0.25, 0.3) is 0 Å². The zero-order valence-electron chi connectivity index (χ0n) is 7.51. The van der Waals surface area contributed by atoms with Gasteiger partial charge in [-0.05, 0) is 12.5 Å². The summed E-state index contributed by atoms with van der Waals surface area (Å²) < 4.78 is 5.28. The summed E-state index contributed by atoms with van der Waals surface area (Å²) in [6.07, 6.45) is 0.570. The molecule has 0 radical (unpaired) electrons. The first-order valence-corrected chi connectivity index (χ1v) is 4.31. The van der Waals surface area contributed by atoms with E-state index >= 15 is 0 Å². The van der Waals surface area contributed by atoms with Crippen molar-refractivity contribution in [1.82, 2.24) is 0 Å². The van der Waals surface area contributed by atoms with Gasteiger partial charge in [-0.2, -0.15) is 0 Å². The van der Waals surface area contributed by atoms with Crippen molar-refractivity contribution in [3.05, 3.63) is 11.6 Å². The summed E-state index contributed by atoms with van der Waals surface area (Å²) in [5.41, 5.74) is 0.819. The van der Waals surface area contributed by atoms with E-state index in [2.05, 4.69) is 0 Å². The van der Waals surface area contributed by atoms with Crippen LogP contribution >= 0.6 is 0 Å². The van der Waals surface area contributed by atoms with Crippen LogP contribution in [-0.4, -0.2) is 34.4 Å². The predicted molar refractivity (Wildman–Crippen MR) is 44.7 cm³/mol. The van der Waals surface area contributed by atoms with Crippen LogP contribution in [-0.2, 0) is 14.3 Å². The van der Waals surface area contributed by atoms with Crippen molar-refractivity contribution < 1.29 is 24.5 Å². The lowest BCUT2D eigenvalue weighted by molar-refractivity contribution is -0.152. The molecule has 0 aromatic rings. The molecule has 76 valence electrons. The van der Waals surface area contributed by atoms with Crippen LogP contribution in [0.2, 0.25) is 0 Å². The van der Waals surface area contributed by atoms with E-state index in [4.69, 9.17) is 14.9 Å². The molecule has 2 aliphatic rings. The molecule has 0 amide bonds. The zero-order valence-corrected chi connectivity index (χ0v) is 7.51. The molecule has 0 aromatic heterocycles. The standard InChI is InChI=1S/C9H10O5/c1-3-2-4-5(8(10)11)6(9(12)13)7(3)14-4/h2,4-7H,1H3,(H,10,11)(H,12,13)/t4-,5-,6-,7-/m1/s1. The fraction of sp³-hybridized carbons (Fsp3) is 0.556. The van der Waals surface area contributed by atoms with Crippen molar-refractivity contribution in [2.45, 2.75) is 19.1 Å². The maximum absolute atomic E-state index is 10.9. The van der Waals surface area contributed by atoms with Crippen LogP contribution in [0.4, 0.5) is 0 Å². The summed E-state index contributed by atoms with van der Waals surface area (Å²) in [6.45, 7) is 1.76. The highest BCUT2D eigenvalue weighted by molar-refractivity contribution is 5.83. The smallest absolute Gasteiger partial charge is 0.310 e. The number of carboxylic acids is 2. The molecular formula is C9H10O5. The summed E-state index contributed by atoms with van der Waals surface area (Å²) in [5, 5.41) is 17.8. The van der Waals surface area contributed by atoms with Gasteiger partial charge in [0.2, 0.25) is 0 Å². The Morgan fingerprint density at radius 3 is 2.36 bits per heavy atom. The number of ether oxygens (including phenoxy) is 1. The predicted octanol–water partition coefficient (Wildman–Crippen LogP) is 0.115. The molecule has 0 aromatic carbocycles. The van der Waals surface area contributed by atoms with Crippen LogP contribution in [0, 0.1) is 11.8 Å². The minimum Gasteiger partial charge on any atom is -0.481 e. The normalized spacial score (nSPS) is 39.6. The molecule has 2 heterocycles. The van der Waals surface area contributed by atoms with Gasteiger partial charge in [0, 0.05) is 0 Å². The van der Waals surface area contributed by atoms with Crippen molar-refractivity contribution in [2.75, 3.05) is 0 Å². The Hall–Kier alpha value is -1.36. The summed E-state index contributed by atoms with van der Waals surface area (Å²) >= 11 is 0. The third-order valence-corrected chi connectivity index (χ3v) is 2.82. The van der Waals surface area contributed by atoms with Gasteiger partial charge in [0.25, 0.3) is 0 Å². The monoisotopic (exact) mass is 198 g/mol. The second kappa shape index (κ2) is 2.81. The van der Waals surface area contributed by atoms with Gasteiger partial charge in [-0.25, -0.2) is 0 Å². The molecule has 0 aliphatic carbocycles. The van der Waals surface area contributed by atoms with Crippen LogP contribution in [0.1, 0.15) is 6.92 Å². The number of aliphatic carboxylic acids is 2. The van der Waals surface area contributed by atoms with Crippen molar-refractivity contribution >= 4 is 11.9 Å². The van der Waals surface area contributed by atoms with Gasteiger partial charge in [0.15, 0.2) is 0 Å². The SMILES string of the molecule is CC1=C[C@H]2O[C@H]1[C@H](C(=O)O)[C@@H]2C(=O)O. The van der Waals surface area contributed by atoms with Gasteiger partial charge in [-0.1, -0.05) is 6.08 Å². The van der Waals surface area contributed by atoms with Crippen LogP contribution in [0.3, 0.4) is 0 Å². The quantitative estimate of drug-likeness (QED) is 0.615. The van der Waals surface area contributed by atoms with Gasteiger partial charge in [-0.3, -0.25) is 9.59 Å². The first-order valence-electron chi connectivity index (χ1n) is 4.31. The van der Waals surface area contributed by atoms with Crippen molar-refractivity contribution in [3.8, 4) is 0 Å². The lowest BCUT2D eigenvalue weighted by Crippen LogP contribution is -2.37. The fourth-order valence-electron chi connectivity index (χ4n) is 2.20. The van der Waals surface area contributed by atoms with Gasteiger partial charge in [0.1, 0.15) is 11.8 Å². The number of rotatable bonds is 2. The molecule has 4 atom stereocenters. The molecule has 0 spiro atoms. The lowest BCUT2D eigenvalue weighted by atomic mass is 9.80. The van der Waals surface area contributed by atoms with E-state index in [1.54, 1.807) is 13.0 Å². The first kappa shape index (κ1) is 9.21. The van der Waals surface area contributed by atoms with Gasteiger partial charge in [0.05, 0.1) is 12.2 Å². The summed E-state index contributed by atoms with van der Waals surface area (Å²) in [6, 6.07) is 0. The summed E-state index contributed by atoms with van der Waals surface area (Å²) in [7, 11) is 0. The fourth-order valence-corrected chi connectivity index (χ4v) is 2.20. The van der Waals surface area contributed by atoms with Gasteiger partial charge in [-0.15, -0.1) is 0 Å². The number of fused-ring (bicyclic) bond motifs is 2. The third-order valence-electron chi connectivity index (χ3n) is 2.82. The Morgan fingerprint density at radius 1 is 1.29 bits per heavy atom. The van der Waals surface area contributed by atoms with E-state index < -0.39 is 36.0 Å². The second-order valence-electron chi connectivity index (χ2n) is 3.66. The minimum absolute atomic E-state index is 0.557. The van der Waals surface area contributed by atoms with E-state index in [0.29, 0.717) is 0 Å². The average Bonchev–Trinajstić information content (AvgIpc) is 2.58. The van der Waals surface area contributed by atoms with E-state index in [9.17, 15) is 9.59 Å². The molecule has 2 N–H and O–H groups in total. The highest BCUT2D eigenvalue weighted by atomic mass is 16.5. The van der Waals surface area contributed by atoms with Gasteiger partial charge < -0.3 is 14.9 Å². The van der Waals surface area contributed by atoms with E-state index in [1.165, 1.54) is 0 Å². The highest BCUT2D eigenvalue weighted by Crippen LogP contribution is 2.42. The Balaban J connectivity index is 2.35. The van der Waals surface area contributed by atoms with Crippen LogP contribution in [0.5, 0.6) is 0 Å². The van der Waals surface area contributed by atoms with Crippen LogP contribution in [0.15, 0.2) is 11.6 Å². The van der Waals surface area contributed by atoms with Crippen molar-refractivity contribution in [3.63, 3.8) is 0 Å². The maximum Gasteiger partial charge on any atom is 0.310 e. The Morgan fingerprint density at radius 2 is 1.86 bits per heavy atom. The zero-order chi connectivity index (χ0) is 10.5. The Labute approximate surface area is 80.0 Å². The molecule has 5 heteroatoms. The van der Waals surface area contributed by atoms with Crippen LogP contribution < -0.4 is 0 Å². The van der Waals surface area contributed by atoms with E-state index in [0.717, 1.165) is 5.57 Å². The lowest BCUT2D eigenvalue weighted by Gasteiger charge is -2.19. The first-order chi connectivity index (χ1) is 6.52. The van der Waals surface area contributed by atoms with E-state index in [1.807, 2.05) is 0 Å². The topological polar surface area (TPSA) is 83.8 Å². The number of hydrogen-bond donors (Lipinski definition) is 2. The second-order valence-corrected chi connectivity index (χ2v) is 3.66. The molecular weight excluding hydrogens is 188 g/mol. The molecule has 0 saturated carbocycles. The molecule has 1 fully saturated rings. The number of carboxylic acid groups (broad SMARTS) is 2.